The molecule has 0 aromatic heterocycles. The maximum atomic E-state index is 3.76. The van der Waals surface area contributed by atoms with Crippen LogP contribution >= 0.6 is 0 Å². The maximum Gasteiger partial charge on any atom is 0.139 e. The number of allylic oxidation sites excluding steroid dienone is 6. The van der Waals surface area contributed by atoms with Crippen LogP contribution in [0, 0.1) is 5.92 Å². The van der Waals surface area contributed by atoms with Gasteiger partial charge in [0.05, 0.1) is 0 Å². The number of hydrogen-bond acceptors (Lipinski definition) is 0. The summed E-state index contributed by atoms with van der Waals surface area (Å²) in [6.07, 6.45) is 7.90. The third-order valence-electron chi connectivity index (χ3n) is 1.76. The van der Waals surface area contributed by atoms with Gasteiger partial charge in [-0.25, -0.2) is 0 Å². The van der Waals surface area contributed by atoms with E-state index in [-0.39, 0.29) is 0 Å². The van der Waals surface area contributed by atoms with Crippen LogP contribution in [0.3, 0.4) is 0 Å². The van der Waals surface area contributed by atoms with Crippen LogP contribution in [0.15, 0.2) is 48.5 Å². The molecular formula is C11H17B. The highest BCUT2D eigenvalue weighted by molar-refractivity contribution is 6.23. The molecule has 0 aliphatic carbocycles. The van der Waals surface area contributed by atoms with E-state index in [1.807, 2.05) is 20.0 Å². The predicted molar refractivity (Wildman–Crippen MR) is 59.9 cm³/mol. The van der Waals surface area contributed by atoms with E-state index in [4.69, 9.17) is 0 Å². The SMILES string of the molecule is B/C(C=C)=C/C=C(\C=C)C(C)C. The summed E-state index contributed by atoms with van der Waals surface area (Å²) in [4.78, 5) is 0. The first-order chi connectivity index (χ1) is 5.61. The Morgan fingerprint density at radius 2 is 1.75 bits per heavy atom. The molecule has 0 amide bonds. The van der Waals surface area contributed by atoms with E-state index < -0.39 is 0 Å². The zero-order chi connectivity index (χ0) is 9.56. The van der Waals surface area contributed by atoms with Crippen LogP contribution in [-0.4, -0.2) is 7.85 Å². The zero-order valence-corrected chi connectivity index (χ0v) is 8.30. The van der Waals surface area contributed by atoms with Crippen LogP contribution in [0.1, 0.15) is 13.8 Å². The third kappa shape index (κ3) is 4.02. The summed E-state index contributed by atoms with van der Waals surface area (Å²) in [5.41, 5.74) is 2.44. The highest BCUT2D eigenvalue weighted by Gasteiger charge is 1.95. The van der Waals surface area contributed by atoms with Crippen molar-refractivity contribution in [3.63, 3.8) is 0 Å². The van der Waals surface area contributed by atoms with E-state index in [0.29, 0.717) is 5.92 Å². The summed E-state index contributed by atoms with van der Waals surface area (Å²) in [7, 11) is 2.03. The van der Waals surface area contributed by atoms with Crippen LogP contribution in [0.5, 0.6) is 0 Å². The maximum absolute atomic E-state index is 3.76. The number of rotatable bonds is 4. The molecule has 1 heteroatoms. The summed E-state index contributed by atoms with van der Waals surface area (Å²) >= 11 is 0. The molecule has 0 unspecified atom stereocenters. The highest BCUT2D eigenvalue weighted by atomic mass is 14.0. The molecule has 12 heavy (non-hydrogen) atoms. The van der Waals surface area contributed by atoms with Crippen LogP contribution in [0.25, 0.3) is 0 Å². The molecule has 0 aliphatic heterocycles. The fourth-order valence-electron chi connectivity index (χ4n) is 0.792. The van der Waals surface area contributed by atoms with Gasteiger partial charge in [-0.05, 0) is 11.5 Å². The van der Waals surface area contributed by atoms with Crippen LogP contribution in [0.4, 0.5) is 0 Å². The van der Waals surface area contributed by atoms with Gasteiger partial charge < -0.3 is 0 Å². The Morgan fingerprint density at radius 3 is 2.08 bits per heavy atom. The molecule has 0 bridgehead atoms. The van der Waals surface area contributed by atoms with Crippen molar-refractivity contribution in [2.75, 3.05) is 0 Å². The molecular weight excluding hydrogens is 143 g/mol. The Labute approximate surface area is 76.8 Å². The molecule has 0 rings (SSSR count). The van der Waals surface area contributed by atoms with E-state index in [1.54, 1.807) is 0 Å². The lowest BCUT2D eigenvalue weighted by atomic mass is 9.94. The van der Waals surface area contributed by atoms with Crippen molar-refractivity contribution in [2.45, 2.75) is 13.8 Å². The Hall–Kier alpha value is -0.975. The van der Waals surface area contributed by atoms with E-state index in [2.05, 4.69) is 39.2 Å². The standard InChI is InChI=1S/C11H17B/c1-5-10(9(3)4)7-8-11(12)6-2/h5-9H,1-2,12H2,3-4H3/b10-7+,11-8+. The molecule has 0 nitrogen and oxygen atoms in total. The lowest BCUT2D eigenvalue weighted by molar-refractivity contribution is 0.792. The topological polar surface area (TPSA) is 0 Å². The predicted octanol–water partition coefficient (Wildman–Crippen LogP) is 2.46. The van der Waals surface area contributed by atoms with Gasteiger partial charge in [-0.2, -0.15) is 0 Å². The van der Waals surface area contributed by atoms with Gasteiger partial charge in [0.25, 0.3) is 0 Å². The Balaban J connectivity index is 4.50. The molecule has 0 aliphatic rings. The average molecular weight is 160 g/mol. The smallest absolute Gasteiger partial charge is 0.0996 e. The normalized spacial score (nSPS) is 13.2. The fourth-order valence-corrected chi connectivity index (χ4v) is 0.792. The first kappa shape index (κ1) is 11.0. The van der Waals surface area contributed by atoms with Crippen molar-refractivity contribution < 1.29 is 0 Å². The van der Waals surface area contributed by atoms with E-state index in [9.17, 15) is 0 Å². The third-order valence-corrected chi connectivity index (χ3v) is 1.76. The Bertz CT molecular complexity index is 219. The molecule has 0 saturated carbocycles. The minimum Gasteiger partial charge on any atom is -0.0996 e. The van der Waals surface area contributed by atoms with Gasteiger partial charge in [-0.15, -0.1) is 0 Å². The molecule has 0 saturated heterocycles. The lowest BCUT2D eigenvalue weighted by Crippen LogP contribution is -1.88. The first-order valence-electron chi connectivity index (χ1n) is 4.25. The van der Waals surface area contributed by atoms with Gasteiger partial charge in [-0.3, -0.25) is 0 Å². The Kier molecular flexibility index (Phi) is 5.19. The van der Waals surface area contributed by atoms with Crippen LogP contribution in [0.2, 0.25) is 0 Å². The van der Waals surface area contributed by atoms with E-state index >= 15 is 0 Å². The second kappa shape index (κ2) is 5.65. The largest absolute Gasteiger partial charge is 0.139 e. The van der Waals surface area contributed by atoms with Crippen LogP contribution in [-0.2, 0) is 0 Å². The van der Waals surface area contributed by atoms with Gasteiger partial charge in [-0.1, -0.05) is 56.8 Å². The van der Waals surface area contributed by atoms with Gasteiger partial charge in [0.15, 0.2) is 0 Å². The summed E-state index contributed by atoms with van der Waals surface area (Å²) in [5, 5.41) is 0. The second-order valence-electron chi connectivity index (χ2n) is 3.14. The van der Waals surface area contributed by atoms with Crippen molar-refractivity contribution in [2.24, 2.45) is 5.92 Å². The molecule has 0 radical (unpaired) electrons. The molecule has 0 N–H and O–H groups in total. The second-order valence-corrected chi connectivity index (χ2v) is 3.14. The molecule has 0 heterocycles. The molecule has 0 aromatic rings. The van der Waals surface area contributed by atoms with Crippen molar-refractivity contribution >= 4 is 7.85 Å². The van der Waals surface area contributed by atoms with E-state index in [0.717, 1.165) is 0 Å². The fraction of sp³-hybridized carbons (Fsp3) is 0.273. The van der Waals surface area contributed by atoms with Crippen molar-refractivity contribution in [1.82, 2.24) is 0 Å². The van der Waals surface area contributed by atoms with Crippen LogP contribution < -0.4 is 0 Å². The van der Waals surface area contributed by atoms with Gasteiger partial charge in [0.1, 0.15) is 7.85 Å². The minimum absolute atomic E-state index is 0.538. The Morgan fingerprint density at radius 1 is 1.17 bits per heavy atom. The minimum atomic E-state index is 0.538. The number of hydrogen-bond donors (Lipinski definition) is 0. The monoisotopic (exact) mass is 160 g/mol. The van der Waals surface area contributed by atoms with Crippen molar-refractivity contribution in [3.8, 4) is 0 Å². The summed E-state index contributed by atoms with van der Waals surface area (Å²) in [5.74, 6) is 0.538. The molecule has 0 atom stereocenters. The van der Waals surface area contributed by atoms with Crippen molar-refractivity contribution in [3.05, 3.63) is 48.5 Å². The summed E-state index contributed by atoms with van der Waals surface area (Å²) in [6.45, 7) is 11.8. The summed E-state index contributed by atoms with van der Waals surface area (Å²) in [6, 6.07) is 0. The molecule has 64 valence electrons. The van der Waals surface area contributed by atoms with Gasteiger partial charge in [0, 0.05) is 0 Å². The highest BCUT2D eigenvalue weighted by Crippen LogP contribution is 2.10. The lowest BCUT2D eigenvalue weighted by Gasteiger charge is -2.03. The van der Waals surface area contributed by atoms with Gasteiger partial charge >= 0.3 is 0 Å². The van der Waals surface area contributed by atoms with Crippen molar-refractivity contribution in [1.29, 1.82) is 0 Å². The summed E-state index contributed by atoms with van der Waals surface area (Å²) < 4.78 is 0. The van der Waals surface area contributed by atoms with E-state index in [1.165, 1.54) is 11.0 Å². The average Bonchev–Trinajstić information content (AvgIpc) is 2.04. The zero-order valence-electron chi connectivity index (χ0n) is 8.30. The first-order valence-corrected chi connectivity index (χ1v) is 4.25. The quantitative estimate of drug-likeness (QED) is 0.437. The molecule has 0 aromatic carbocycles. The molecule has 0 fully saturated rings. The van der Waals surface area contributed by atoms with Gasteiger partial charge in [0.2, 0.25) is 0 Å². The molecule has 0 spiro atoms.